The van der Waals surface area contributed by atoms with Crippen molar-refractivity contribution >= 4 is 17.5 Å². The van der Waals surface area contributed by atoms with Crippen LogP contribution in [0.5, 0.6) is 0 Å². The summed E-state index contributed by atoms with van der Waals surface area (Å²) in [6.45, 7) is 4.21. The van der Waals surface area contributed by atoms with Crippen LogP contribution in [0.25, 0.3) is 0 Å². The highest BCUT2D eigenvalue weighted by molar-refractivity contribution is 5.95. The zero-order valence-corrected chi connectivity index (χ0v) is 14.1. The third-order valence-electron chi connectivity index (χ3n) is 4.41. The second-order valence-corrected chi connectivity index (χ2v) is 6.21. The lowest BCUT2D eigenvalue weighted by Crippen LogP contribution is -2.35. The predicted octanol–water partition coefficient (Wildman–Crippen LogP) is 2.04. The lowest BCUT2D eigenvalue weighted by Gasteiger charge is -2.18. The van der Waals surface area contributed by atoms with Crippen molar-refractivity contribution in [2.24, 2.45) is 5.92 Å². The van der Waals surface area contributed by atoms with Gasteiger partial charge in [-0.05, 0) is 49.9 Å². The molecule has 1 aliphatic heterocycles. The number of amides is 2. The molecule has 23 heavy (non-hydrogen) atoms. The van der Waals surface area contributed by atoms with Crippen molar-refractivity contribution in [1.82, 2.24) is 10.2 Å². The fourth-order valence-electron chi connectivity index (χ4n) is 2.92. The summed E-state index contributed by atoms with van der Waals surface area (Å²) in [4.78, 5) is 25.8. The maximum atomic E-state index is 12.1. The van der Waals surface area contributed by atoms with E-state index in [-0.39, 0.29) is 18.4 Å². The fraction of sp³-hybridized carbons (Fsp3) is 0.556. The Morgan fingerprint density at radius 1 is 1.35 bits per heavy atom. The average molecular weight is 317 g/mol. The van der Waals surface area contributed by atoms with E-state index in [4.69, 9.17) is 0 Å². The monoisotopic (exact) mass is 317 g/mol. The molecule has 5 heteroatoms. The highest BCUT2D eigenvalue weighted by Gasteiger charge is 2.18. The van der Waals surface area contributed by atoms with Crippen molar-refractivity contribution < 1.29 is 9.59 Å². The second-order valence-electron chi connectivity index (χ2n) is 6.21. The molecule has 2 amide bonds. The lowest BCUT2D eigenvalue weighted by atomic mass is 10.0. The first-order valence-corrected chi connectivity index (χ1v) is 8.42. The number of aryl methyl sites for hydroxylation is 1. The van der Waals surface area contributed by atoms with E-state index in [0.29, 0.717) is 12.3 Å². The Labute approximate surface area is 138 Å². The van der Waals surface area contributed by atoms with E-state index < -0.39 is 0 Å². The molecular formula is C18H27N3O2. The molecule has 0 aromatic heterocycles. The van der Waals surface area contributed by atoms with E-state index in [1.54, 1.807) is 7.05 Å². The van der Waals surface area contributed by atoms with Crippen LogP contribution in [-0.4, -0.2) is 43.4 Å². The first kappa shape index (κ1) is 17.5. The van der Waals surface area contributed by atoms with E-state index in [0.717, 1.165) is 43.6 Å². The molecule has 1 aromatic rings. The van der Waals surface area contributed by atoms with Crippen LogP contribution in [0, 0.1) is 5.92 Å². The minimum absolute atomic E-state index is 0.0378. The van der Waals surface area contributed by atoms with Crippen molar-refractivity contribution in [2.75, 3.05) is 32.0 Å². The van der Waals surface area contributed by atoms with Gasteiger partial charge in [-0.15, -0.1) is 0 Å². The van der Waals surface area contributed by atoms with Gasteiger partial charge in [0.15, 0.2) is 0 Å². The van der Waals surface area contributed by atoms with E-state index >= 15 is 0 Å². The van der Waals surface area contributed by atoms with Gasteiger partial charge in [0.25, 0.3) is 0 Å². The molecule has 0 spiro atoms. The van der Waals surface area contributed by atoms with Crippen LogP contribution in [0.3, 0.4) is 0 Å². The molecule has 0 aliphatic carbocycles. The average Bonchev–Trinajstić information content (AvgIpc) is 3.06. The summed E-state index contributed by atoms with van der Waals surface area (Å²) in [5.41, 5.74) is 1.93. The summed E-state index contributed by atoms with van der Waals surface area (Å²) in [6.07, 6.45) is 3.42. The molecule has 0 bridgehead atoms. The predicted molar refractivity (Wildman–Crippen MR) is 92.3 cm³/mol. The molecule has 0 saturated carbocycles. The highest BCUT2D eigenvalue weighted by atomic mass is 16.2. The summed E-state index contributed by atoms with van der Waals surface area (Å²) >= 11 is 0. The van der Waals surface area contributed by atoms with Crippen LogP contribution in [0.4, 0.5) is 5.69 Å². The van der Waals surface area contributed by atoms with Gasteiger partial charge in [-0.1, -0.05) is 25.1 Å². The lowest BCUT2D eigenvalue weighted by molar-refractivity contribution is -0.133. The SMILES string of the molecule is CCc1ccccc1NC(=O)CN(C)C(=O)CCC1CCNC1. The zero-order valence-electron chi connectivity index (χ0n) is 14.1. The number of nitrogens with one attached hydrogen (secondary N) is 2. The number of carbonyl (C=O) groups is 2. The normalized spacial score (nSPS) is 17.0. The van der Waals surface area contributed by atoms with Crippen LogP contribution in [0.2, 0.25) is 0 Å². The topological polar surface area (TPSA) is 61.4 Å². The number of likely N-dealkylation sites (N-methyl/N-ethyl adjacent to an activating group) is 1. The van der Waals surface area contributed by atoms with Crippen LogP contribution in [-0.2, 0) is 16.0 Å². The Morgan fingerprint density at radius 2 is 2.13 bits per heavy atom. The molecule has 1 fully saturated rings. The van der Waals surface area contributed by atoms with Gasteiger partial charge in [-0.25, -0.2) is 0 Å². The number of para-hydroxylation sites is 1. The number of anilines is 1. The van der Waals surface area contributed by atoms with Crippen LogP contribution < -0.4 is 10.6 Å². The van der Waals surface area contributed by atoms with Gasteiger partial charge in [0.1, 0.15) is 0 Å². The molecule has 1 heterocycles. The third kappa shape index (κ3) is 5.36. The minimum atomic E-state index is -0.149. The number of carbonyl (C=O) groups excluding carboxylic acids is 2. The summed E-state index contributed by atoms with van der Waals surface area (Å²) in [6, 6.07) is 7.76. The number of hydrogen-bond donors (Lipinski definition) is 2. The van der Waals surface area contributed by atoms with E-state index in [2.05, 4.69) is 17.6 Å². The Hall–Kier alpha value is -1.88. The second kappa shape index (κ2) is 8.67. The summed E-state index contributed by atoms with van der Waals surface area (Å²) in [7, 11) is 1.69. The van der Waals surface area contributed by atoms with Gasteiger partial charge in [0.2, 0.25) is 11.8 Å². The van der Waals surface area contributed by atoms with Crippen LogP contribution >= 0.6 is 0 Å². The molecule has 2 rings (SSSR count). The summed E-state index contributed by atoms with van der Waals surface area (Å²) in [5, 5.41) is 6.21. The maximum absolute atomic E-state index is 12.1. The summed E-state index contributed by atoms with van der Waals surface area (Å²) < 4.78 is 0. The maximum Gasteiger partial charge on any atom is 0.243 e. The van der Waals surface area contributed by atoms with Gasteiger partial charge in [-0.3, -0.25) is 9.59 Å². The van der Waals surface area contributed by atoms with Gasteiger partial charge in [0.05, 0.1) is 6.54 Å². The highest BCUT2D eigenvalue weighted by Crippen LogP contribution is 2.16. The molecule has 1 aromatic carbocycles. The molecule has 0 radical (unpaired) electrons. The largest absolute Gasteiger partial charge is 0.336 e. The first-order chi connectivity index (χ1) is 11.1. The zero-order chi connectivity index (χ0) is 16.7. The minimum Gasteiger partial charge on any atom is -0.336 e. The van der Waals surface area contributed by atoms with Crippen molar-refractivity contribution in [3.05, 3.63) is 29.8 Å². The Balaban J connectivity index is 1.78. The van der Waals surface area contributed by atoms with Gasteiger partial charge in [-0.2, -0.15) is 0 Å². The molecule has 5 nitrogen and oxygen atoms in total. The molecule has 2 N–H and O–H groups in total. The van der Waals surface area contributed by atoms with Crippen molar-refractivity contribution in [2.45, 2.75) is 32.6 Å². The molecule has 1 atom stereocenters. The Kier molecular flexibility index (Phi) is 6.59. The molecule has 1 aliphatic rings. The van der Waals surface area contributed by atoms with Gasteiger partial charge in [0, 0.05) is 19.2 Å². The summed E-state index contributed by atoms with van der Waals surface area (Å²) in [5.74, 6) is 0.484. The van der Waals surface area contributed by atoms with Crippen molar-refractivity contribution in [3.8, 4) is 0 Å². The third-order valence-corrected chi connectivity index (χ3v) is 4.41. The first-order valence-electron chi connectivity index (χ1n) is 8.42. The number of nitrogens with zero attached hydrogens (tertiary/aromatic N) is 1. The smallest absolute Gasteiger partial charge is 0.243 e. The fourth-order valence-corrected chi connectivity index (χ4v) is 2.92. The van der Waals surface area contributed by atoms with E-state index in [1.165, 1.54) is 4.90 Å². The molecule has 126 valence electrons. The molecule has 1 unspecified atom stereocenters. The number of rotatable bonds is 7. The van der Waals surface area contributed by atoms with E-state index in [1.807, 2.05) is 24.3 Å². The Morgan fingerprint density at radius 3 is 2.83 bits per heavy atom. The standard InChI is InChI=1S/C18H27N3O2/c1-3-15-6-4-5-7-16(15)20-17(22)13-21(2)18(23)9-8-14-10-11-19-12-14/h4-7,14,19H,3,8-13H2,1-2H3,(H,20,22). The van der Waals surface area contributed by atoms with Crippen molar-refractivity contribution in [3.63, 3.8) is 0 Å². The van der Waals surface area contributed by atoms with Crippen molar-refractivity contribution in [1.29, 1.82) is 0 Å². The van der Waals surface area contributed by atoms with Gasteiger partial charge >= 0.3 is 0 Å². The van der Waals surface area contributed by atoms with Gasteiger partial charge < -0.3 is 15.5 Å². The molecule has 1 saturated heterocycles. The number of hydrogen-bond acceptors (Lipinski definition) is 3. The molecular weight excluding hydrogens is 290 g/mol. The Bertz CT molecular complexity index is 539. The number of benzene rings is 1. The van der Waals surface area contributed by atoms with E-state index in [9.17, 15) is 9.59 Å². The van der Waals surface area contributed by atoms with Crippen LogP contribution in [0.15, 0.2) is 24.3 Å². The van der Waals surface area contributed by atoms with Crippen LogP contribution in [0.1, 0.15) is 31.7 Å². The quantitative estimate of drug-likeness (QED) is 0.809.